The monoisotopic (exact) mass is 395 g/mol. The van der Waals surface area contributed by atoms with Gasteiger partial charge in [-0.3, -0.25) is 0 Å². The smallest absolute Gasteiger partial charge is 0.224 e. The van der Waals surface area contributed by atoms with E-state index in [0.29, 0.717) is 17.3 Å². The minimum Gasteiger partial charge on any atom is -0.354 e. The summed E-state index contributed by atoms with van der Waals surface area (Å²) in [5.41, 5.74) is 1.42. The minimum atomic E-state index is 0.558. The Morgan fingerprint density at radius 2 is 2.10 bits per heavy atom. The van der Waals surface area contributed by atoms with Crippen LogP contribution in [-0.2, 0) is 0 Å². The van der Waals surface area contributed by atoms with Crippen LogP contribution in [0.5, 0.6) is 0 Å². The summed E-state index contributed by atoms with van der Waals surface area (Å²) in [7, 11) is 0. The van der Waals surface area contributed by atoms with Crippen LogP contribution in [0.4, 0.5) is 17.5 Å². The Labute approximate surface area is 133 Å². The van der Waals surface area contributed by atoms with Gasteiger partial charge in [0.05, 0.1) is 21.8 Å². The molecule has 0 saturated heterocycles. The zero-order valence-electron chi connectivity index (χ0n) is 10.6. The summed E-state index contributed by atoms with van der Waals surface area (Å²) in [6, 6.07) is 7.41. The second-order valence-electron chi connectivity index (χ2n) is 3.85. The molecule has 0 spiro atoms. The summed E-state index contributed by atoms with van der Waals surface area (Å²) in [6.45, 7) is 2.73. The van der Waals surface area contributed by atoms with E-state index < -0.39 is 0 Å². The molecule has 2 N–H and O–H groups in total. The third-order valence-electron chi connectivity index (χ3n) is 2.43. The van der Waals surface area contributed by atoms with Gasteiger partial charge >= 0.3 is 0 Å². The van der Waals surface area contributed by atoms with Crippen LogP contribution in [0.1, 0.15) is 12.5 Å². The summed E-state index contributed by atoms with van der Waals surface area (Å²) in [4.78, 5) is 8.53. The number of benzene rings is 1. The van der Waals surface area contributed by atoms with Crippen molar-refractivity contribution in [2.45, 2.75) is 6.92 Å². The van der Waals surface area contributed by atoms with Crippen molar-refractivity contribution in [2.24, 2.45) is 0 Å². The van der Waals surface area contributed by atoms with Gasteiger partial charge in [0.2, 0.25) is 5.95 Å². The van der Waals surface area contributed by atoms with E-state index in [1.807, 2.05) is 13.0 Å². The molecule has 0 fully saturated rings. The highest BCUT2D eigenvalue weighted by molar-refractivity contribution is 9.11. The topological polar surface area (TPSA) is 73.6 Å². The molecule has 2 aromatic rings. The highest BCUT2D eigenvalue weighted by Gasteiger charge is 2.08. The second-order valence-corrected chi connectivity index (χ2v) is 5.56. The molecule has 1 aromatic carbocycles. The molecule has 0 aliphatic carbocycles. The van der Waals surface area contributed by atoms with Gasteiger partial charge in [0, 0.05) is 17.2 Å². The quantitative estimate of drug-likeness (QED) is 0.815. The molecule has 5 nitrogen and oxygen atoms in total. The van der Waals surface area contributed by atoms with Crippen molar-refractivity contribution in [1.82, 2.24) is 9.97 Å². The van der Waals surface area contributed by atoms with Gasteiger partial charge in [-0.25, -0.2) is 4.98 Å². The lowest BCUT2D eigenvalue weighted by Crippen LogP contribution is -2.04. The lowest BCUT2D eigenvalue weighted by atomic mass is 10.2. The molecule has 1 heterocycles. The minimum absolute atomic E-state index is 0.558. The van der Waals surface area contributed by atoms with E-state index in [1.165, 1.54) is 0 Å². The second kappa shape index (κ2) is 6.68. The summed E-state index contributed by atoms with van der Waals surface area (Å²) in [6.07, 6.45) is 1.69. The van der Waals surface area contributed by atoms with E-state index in [-0.39, 0.29) is 0 Å². The molecule has 0 bridgehead atoms. The Hall–Kier alpha value is -1.65. The van der Waals surface area contributed by atoms with Crippen molar-refractivity contribution in [3.05, 3.63) is 38.9 Å². The van der Waals surface area contributed by atoms with Crippen LogP contribution >= 0.6 is 31.9 Å². The first-order valence-corrected chi connectivity index (χ1v) is 7.45. The fraction of sp³-hybridized carbons (Fsp3) is 0.154. The van der Waals surface area contributed by atoms with E-state index in [4.69, 9.17) is 5.26 Å². The van der Waals surface area contributed by atoms with E-state index in [0.717, 1.165) is 21.2 Å². The number of halogens is 2. The molecule has 0 amide bonds. The number of nitriles is 1. The van der Waals surface area contributed by atoms with Crippen molar-refractivity contribution in [1.29, 1.82) is 5.26 Å². The number of nitrogens with zero attached hydrogens (tertiary/aromatic N) is 3. The molecule has 0 radical (unpaired) electrons. The first-order valence-electron chi connectivity index (χ1n) is 5.87. The maximum atomic E-state index is 8.85. The van der Waals surface area contributed by atoms with Gasteiger partial charge in [0.1, 0.15) is 5.82 Å². The highest BCUT2D eigenvalue weighted by Crippen LogP contribution is 2.29. The Bertz CT molecular complexity index is 666. The summed E-state index contributed by atoms with van der Waals surface area (Å²) in [5.74, 6) is 1.21. The first-order chi connectivity index (χ1) is 9.63. The van der Waals surface area contributed by atoms with Crippen LogP contribution in [0.15, 0.2) is 33.3 Å². The molecule has 0 unspecified atom stereocenters. The summed E-state index contributed by atoms with van der Waals surface area (Å²) in [5, 5.41) is 15.1. The van der Waals surface area contributed by atoms with Gasteiger partial charge in [0.15, 0.2) is 0 Å². The molecule has 2 rings (SSSR count). The molecule has 0 saturated carbocycles. The van der Waals surface area contributed by atoms with E-state index in [9.17, 15) is 0 Å². The number of hydrogen-bond acceptors (Lipinski definition) is 5. The van der Waals surface area contributed by atoms with Crippen LogP contribution in [0, 0.1) is 11.3 Å². The van der Waals surface area contributed by atoms with Gasteiger partial charge in [0.25, 0.3) is 0 Å². The van der Waals surface area contributed by atoms with Gasteiger partial charge in [-0.05, 0) is 57.0 Å². The average molecular weight is 397 g/mol. The Balaban J connectivity index is 2.30. The van der Waals surface area contributed by atoms with Gasteiger partial charge in [-0.2, -0.15) is 10.2 Å². The van der Waals surface area contributed by atoms with E-state index >= 15 is 0 Å². The third kappa shape index (κ3) is 3.46. The number of aromatic nitrogens is 2. The maximum Gasteiger partial charge on any atom is 0.224 e. The van der Waals surface area contributed by atoms with Crippen LogP contribution in [0.25, 0.3) is 0 Å². The van der Waals surface area contributed by atoms with Crippen LogP contribution in [-0.4, -0.2) is 16.5 Å². The molecule has 20 heavy (non-hydrogen) atoms. The zero-order chi connectivity index (χ0) is 14.5. The maximum absolute atomic E-state index is 8.85. The lowest BCUT2D eigenvalue weighted by molar-refractivity contribution is 1.08. The fourth-order valence-electron chi connectivity index (χ4n) is 1.51. The summed E-state index contributed by atoms with van der Waals surface area (Å²) < 4.78 is 1.56. The predicted octanol–water partition coefficient (Wildman–Crippen LogP) is 4.05. The molecular formula is C13H11Br2N5. The Kier molecular flexibility index (Phi) is 4.93. The standard InChI is InChI=1S/C13H11Br2N5/c1-2-17-13-18-7-10(15)12(20-13)19-11-4-3-8(6-16)5-9(11)14/h3-5,7H,2H2,1H3,(H2,17,18,19,20). The molecule has 102 valence electrons. The molecule has 0 atom stereocenters. The molecule has 7 heteroatoms. The van der Waals surface area contributed by atoms with E-state index in [1.54, 1.807) is 18.3 Å². The number of hydrogen-bond donors (Lipinski definition) is 2. The van der Waals surface area contributed by atoms with Crippen molar-refractivity contribution in [2.75, 3.05) is 17.2 Å². The van der Waals surface area contributed by atoms with Crippen LogP contribution in [0.2, 0.25) is 0 Å². The lowest BCUT2D eigenvalue weighted by Gasteiger charge is -2.11. The molecule has 0 aliphatic rings. The van der Waals surface area contributed by atoms with E-state index in [2.05, 4.69) is 58.5 Å². The Morgan fingerprint density at radius 1 is 1.30 bits per heavy atom. The van der Waals surface area contributed by atoms with Crippen molar-refractivity contribution in [3.8, 4) is 6.07 Å². The van der Waals surface area contributed by atoms with Crippen molar-refractivity contribution < 1.29 is 0 Å². The first kappa shape index (κ1) is 14.8. The van der Waals surface area contributed by atoms with Crippen molar-refractivity contribution >= 4 is 49.3 Å². The van der Waals surface area contributed by atoms with Crippen LogP contribution < -0.4 is 10.6 Å². The average Bonchev–Trinajstić information content (AvgIpc) is 2.44. The molecule has 0 aliphatic heterocycles. The largest absolute Gasteiger partial charge is 0.354 e. The van der Waals surface area contributed by atoms with Crippen LogP contribution in [0.3, 0.4) is 0 Å². The Morgan fingerprint density at radius 3 is 2.75 bits per heavy atom. The van der Waals surface area contributed by atoms with Gasteiger partial charge in [-0.15, -0.1) is 0 Å². The zero-order valence-corrected chi connectivity index (χ0v) is 13.8. The highest BCUT2D eigenvalue weighted by atomic mass is 79.9. The predicted molar refractivity (Wildman–Crippen MR) is 86.0 cm³/mol. The number of nitrogens with one attached hydrogen (secondary N) is 2. The number of rotatable bonds is 4. The number of anilines is 3. The summed E-state index contributed by atoms with van der Waals surface area (Å²) >= 11 is 6.84. The van der Waals surface area contributed by atoms with Crippen molar-refractivity contribution in [3.63, 3.8) is 0 Å². The van der Waals surface area contributed by atoms with Gasteiger partial charge < -0.3 is 10.6 Å². The molecule has 1 aromatic heterocycles. The normalized spacial score (nSPS) is 9.90. The fourth-order valence-corrected chi connectivity index (χ4v) is 2.28. The molecular weight excluding hydrogens is 386 g/mol. The third-order valence-corrected chi connectivity index (χ3v) is 3.67. The van der Waals surface area contributed by atoms with Gasteiger partial charge in [-0.1, -0.05) is 0 Å². The SMILES string of the molecule is CCNc1ncc(Br)c(Nc2ccc(C#N)cc2Br)n1.